The summed E-state index contributed by atoms with van der Waals surface area (Å²) in [6, 6.07) is 13.7. The summed E-state index contributed by atoms with van der Waals surface area (Å²) in [5, 5.41) is 0.776. The van der Waals surface area contributed by atoms with Gasteiger partial charge in [-0.1, -0.05) is 43.9 Å². The van der Waals surface area contributed by atoms with Crippen molar-refractivity contribution in [1.82, 2.24) is 4.90 Å². The van der Waals surface area contributed by atoms with Gasteiger partial charge >= 0.3 is 0 Å². The maximum absolute atomic E-state index is 14.1. The maximum Gasteiger partial charge on any atom is 0.258 e. The van der Waals surface area contributed by atoms with Crippen LogP contribution in [0.2, 0.25) is 0 Å². The van der Waals surface area contributed by atoms with Crippen LogP contribution in [-0.4, -0.2) is 36.9 Å². The number of hydrogen-bond acceptors (Lipinski definition) is 4. The topological polar surface area (TPSA) is 63.0 Å². The number of furan rings is 1. The van der Waals surface area contributed by atoms with Crippen molar-refractivity contribution in [3.05, 3.63) is 59.4 Å². The van der Waals surface area contributed by atoms with Crippen molar-refractivity contribution in [2.24, 2.45) is 5.92 Å². The largest absolute Gasteiger partial charge is 0.497 e. The van der Waals surface area contributed by atoms with Crippen molar-refractivity contribution >= 4 is 28.5 Å². The molecule has 0 atom stereocenters. The Labute approximate surface area is 213 Å². The summed E-state index contributed by atoms with van der Waals surface area (Å²) >= 11 is 0. The highest BCUT2D eigenvalue weighted by molar-refractivity contribution is 6.07. The number of methoxy groups -OCH3 is 1. The Hall–Kier alpha value is -3.28. The summed E-state index contributed by atoms with van der Waals surface area (Å²) in [5.41, 5.74) is 3.24. The lowest BCUT2D eigenvalue weighted by molar-refractivity contribution is -0.119. The maximum atomic E-state index is 14.1. The van der Waals surface area contributed by atoms with Gasteiger partial charge in [0.25, 0.3) is 5.91 Å². The van der Waals surface area contributed by atoms with Crippen molar-refractivity contribution in [3.63, 3.8) is 0 Å². The normalized spacial score (nSPS) is 17.6. The number of ether oxygens (including phenoxy) is 1. The minimum absolute atomic E-state index is 0.0377. The van der Waals surface area contributed by atoms with Crippen molar-refractivity contribution < 1.29 is 18.7 Å². The molecule has 2 heterocycles. The van der Waals surface area contributed by atoms with Crippen LogP contribution in [0.25, 0.3) is 11.0 Å². The number of rotatable bonds is 3. The lowest BCUT2D eigenvalue weighted by Crippen LogP contribution is -2.36. The van der Waals surface area contributed by atoms with Crippen molar-refractivity contribution in [3.8, 4) is 5.75 Å². The Kier molecular flexibility index (Phi) is 7.30. The summed E-state index contributed by atoms with van der Waals surface area (Å²) in [4.78, 5) is 31.3. The van der Waals surface area contributed by atoms with Crippen LogP contribution in [0, 0.1) is 12.8 Å². The summed E-state index contributed by atoms with van der Waals surface area (Å²) in [5.74, 6) is 1.66. The van der Waals surface area contributed by atoms with Crippen LogP contribution in [0.3, 0.4) is 0 Å². The van der Waals surface area contributed by atoms with Gasteiger partial charge in [0.1, 0.15) is 17.1 Å². The van der Waals surface area contributed by atoms with Gasteiger partial charge in [0.15, 0.2) is 0 Å². The third-order valence-corrected chi connectivity index (χ3v) is 7.47. The number of fused-ring (bicyclic) bond motifs is 2. The first-order chi connectivity index (χ1) is 17.6. The van der Waals surface area contributed by atoms with E-state index in [1.54, 1.807) is 7.11 Å². The van der Waals surface area contributed by atoms with Gasteiger partial charge in [-0.05, 0) is 62.4 Å². The van der Waals surface area contributed by atoms with Gasteiger partial charge in [-0.25, -0.2) is 0 Å². The minimum atomic E-state index is -0.0377. The molecule has 1 saturated carbocycles. The summed E-state index contributed by atoms with van der Waals surface area (Å²) in [6.07, 6.45) is 8.46. The first-order valence-electron chi connectivity index (χ1n) is 13.3. The molecule has 0 unspecified atom stereocenters. The Morgan fingerprint density at radius 1 is 0.944 bits per heavy atom. The number of carbonyl (C=O) groups excluding carboxylic acids is 2. The molecule has 0 radical (unpaired) electrons. The molecule has 1 fully saturated rings. The van der Waals surface area contributed by atoms with Crippen LogP contribution < -0.4 is 9.64 Å². The average Bonchev–Trinajstić information content (AvgIpc) is 3.68. The molecule has 5 rings (SSSR count). The Morgan fingerprint density at radius 3 is 2.42 bits per heavy atom. The molecule has 6 nitrogen and oxygen atoms in total. The van der Waals surface area contributed by atoms with E-state index in [1.807, 2.05) is 53.1 Å². The molecule has 190 valence electrons. The molecule has 3 aromatic rings. The van der Waals surface area contributed by atoms with Gasteiger partial charge in [-0.15, -0.1) is 0 Å². The third-order valence-electron chi connectivity index (χ3n) is 7.47. The molecular formula is C30H36N2O4. The molecule has 1 aromatic heterocycles. The zero-order chi connectivity index (χ0) is 25.1. The first kappa shape index (κ1) is 24.4. The second-order valence-electron chi connectivity index (χ2n) is 10.1. The second kappa shape index (κ2) is 10.8. The molecular weight excluding hydrogens is 452 g/mol. The number of para-hydroxylation sites is 1. The van der Waals surface area contributed by atoms with E-state index in [2.05, 4.69) is 6.07 Å². The van der Waals surface area contributed by atoms with E-state index in [0.717, 1.165) is 74.5 Å². The van der Waals surface area contributed by atoms with Gasteiger partial charge in [-0.3, -0.25) is 9.59 Å². The highest BCUT2D eigenvalue weighted by Gasteiger charge is 2.35. The van der Waals surface area contributed by atoms with Crippen LogP contribution >= 0.6 is 0 Å². The van der Waals surface area contributed by atoms with E-state index in [0.29, 0.717) is 35.7 Å². The first-order valence-corrected chi connectivity index (χ1v) is 13.3. The molecule has 0 bridgehead atoms. The quantitative estimate of drug-likeness (QED) is 0.423. The fraction of sp³-hybridized carbons (Fsp3) is 0.467. The summed E-state index contributed by atoms with van der Waals surface area (Å²) < 4.78 is 11.4. The number of benzene rings is 2. The zero-order valence-corrected chi connectivity index (χ0v) is 21.4. The molecule has 6 heteroatoms. The van der Waals surface area contributed by atoms with Gasteiger partial charge < -0.3 is 19.0 Å². The molecule has 2 aromatic carbocycles. The van der Waals surface area contributed by atoms with Crippen LogP contribution in [0.1, 0.15) is 73.0 Å². The van der Waals surface area contributed by atoms with Crippen LogP contribution in [0.4, 0.5) is 5.69 Å². The molecule has 2 aliphatic rings. The third kappa shape index (κ3) is 5.13. The predicted molar refractivity (Wildman–Crippen MR) is 141 cm³/mol. The van der Waals surface area contributed by atoms with E-state index >= 15 is 0 Å². The lowest BCUT2D eigenvalue weighted by atomic mass is 10.1. The predicted octanol–water partition coefficient (Wildman–Crippen LogP) is 6.49. The number of hydrogen-bond donors (Lipinski definition) is 0. The van der Waals surface area contributed by atoms with Crippen molar-refractivity contribution in [2.45, 2.75) is 64.8 Å². The number of carbonyl (C=O) groups is 2. The molecule has 0 saturated heterocycles. The van der Waals surface area contributed by atoms with E-state index in [-0.39, 0.29) is 17.7 Å². The van der Waals surface area contributed by atoms with Crippen LogP contribution in [-0.2, 0) is 11.3 Å². The minimum Gasteiger partial charge on any atom is -0.497 e. The van der Waals surface area contributed by atoms with Crippen molar-refractivity contribution in [1.29, 1.82) is 0 Å². The number of amides is 2. The van der Waals surface area contributed by atoms with Gasteiger partial charge in [0, 0.05) is 36.6 Å². The monoisotopic (exact) mass is 488 g/mol. The Morgan fingerprint density at radius 2 is 1.67 bits per heavy atom. The highest BCUT2D eigenvalue weighted by atomic mass is 16.5. The molecule has 1 aliphatic heterocycles. The zero-order valence-electron chi connectivity index (χ0n) is 21.4. The molecule has 36 heavy (non-hydrogen) atoms. The van der Waals surface area contributed by atoms with E-state index in [4.69, 9.17) is 9.15 Å². The lowest BCUT2D eigenvalue weighted by Gasteiger charge is -2.28. The van der Waals surface area contributed by atoms with E-state index in [1.165, 1.54) is 0 Å². The van der Waals surface area contributed by atoms with Gasteiger partial charge in [0.2, 0.25) is 5.91 Å². The molecule has 0 spiro atoms. The molecule has 1 aliphatic carbocycles. The standard InChI is InChI=1S/C30H36N2O4/c1-21-28(25-19-24(35-2)15-16-27(25)36-21)30(34)31-17-9-5-3-4-6-10-18-32(29(33)22-13-14-22)26-12-8-7-11-23(26)20-31/h7-8,11-12,15-16,19,22H,3-6,9-10,13-14,17-18,20H2,1-2H3. The van der Waals surface area contributed by atoms with Gasteiger partial charge in [-0.2, -0.15) is 0 Å². The number of nitrogens with zero attached hydrogens (tertiary/aromatic N) is 2. The SMILES string of the molecule is COc1ccc2oc(C)c(C(=O)N3CCCCCCCCN(C(=O)C4CC4)c4ccccc4C3)c2c1. The Balaban J connectivity index is 1.52. The smallest absolute Gasteiger partial charge is 0.258 e. The van der Waals surface area contributed by atoms with E-state index < -0.39 is 0 Å². The summed E-state index contributed by atoms with van der Waals surface area (Å²) in [7, 11) is 1.63. The van der Waals surface area contributed by atoms with E-state index in [9.17, 15) is 9.59 Å². The number of aryl methyl sites for hydroxylation is 1. The van der Waals surface area contributed by atoms with Gasteiger partial charge in [0.05, 0.1) is 12.7 Å². The molecule has 0 N–H and O–H groups in total. The average molecular weight is 489 g/mol. The summed E-state index contributed by atoms with van der Waals surface area (Å²) in [6.45, 7) is 3.72. The van der Waals surface area contributed by atoms with Crippen LogP contribution in [0.5, 0.6) is 5.75 Å². The fourth-order valence-electron chi connectivity index (χ4n) is 5.30. The fourth-order valence-corrected chi connectivity index (χ4v) is 5.30. The van der Waals surface area contributed by atoms with Crippen molar-refractivity contribution in [2.75, 3.05) is 25.1 Å². The molecule has 2 amide bonds. The highest BCUT2D eigenvalue weighted by Crippen LogP contribution is 2.35. The van der Waals surface area contributed by atoms with Crippen LogP contribution in [0.15, 0.2) is 46.9 Å². The second-order valence-corrected chi connectivity index (χ2v) is 10.1. The Bertz CT molecular complexity index is 1240. The number of anilines is 1.